The lowest BCUT2D eigenvalue weighted by Crippen LogP contribution is -2.25. The highest BCUT2D eigenvalue weighted by Gasteiger charge is 2.41. The van der Waals surface area contributed by atoms with Crippen LogP contribution in [0.5, 0.6) is 0 Å². The number of Topliss-reactive ketones (excluding diaryl/α,β-unsaturated/α-hetero) is 1. The number of nitro groups is 1. The number of nitrogens with two attached hydrogens (primary N) is 1. The average Bonchev–Trinajstić information content (AvgIpc) is 2.83. The minimum absolute atomic E-state index is 0.115. The number of benzene rings is 2. The first-order valence-electron chi connectivity index (χ1n) is 7.80. The minimum Gasteiger partial charge on any atom is -0.385 e. The molecule has 3 rings (SSSR count). The van der Waals surface area contributed by atoms with E-state index >= 15 is 0 Å². The van der Waals surface area contributed by atoms with Crippen LogP contribution in [0.4, 0.5) is 18.9 Å². The summed E-state index contributed by atoms with van der Waals surface area (Å²) in [7, 11) is 1.51. The summed E-state index contributed by atoms with van der Waals surface area (Å²) >= 11 is 0. The number of nitro benzene ring substituents is 1. The van der Waals surface area contributed by atoms with Crippen LogP contribution in [-0.2, 0) is 11.0 Å². The highest BCUT2D eigenvalue weighted by molar-refractivity contribution is 6.27. The molecular formula is C18H14F3N3O3. The minimum atomic E-state index is -4.72. The van der Waals surface area contributed by atoms with E-state index in [0.29, 0.717) is 17.7 Å². The Hall–Kier alpha value is -3.36. The molecule has 1 aliphatic rings. The molecule has 0 bridgehead atoms. The van der Waals surface area contributed by atoms with Gasteiger partial charge in [0.15, 0.2) is 5.78 Å². The molecule has 0 aliphatic carbocycles. The summed E-state index contributed by atoms with van der Waals surface area (Å²) in [6, 6.07) is 9.59. The molecule has 1 aliphatic heterocycles. The number of carbonyl (C=O) groups is 1. The number of alkyl halides is 3. The SMILES string of the molecule is CN1C(N)=C(c2cc(C(F)(F)F)ccc2[N+](=O)[O-])C(=O)C1c1ccccc1. The quantitative estimate of drug-likeness (QED) is 0.653. The molecular weight excluding hydrogens is 363 g/mol. The molecule has 0 spiro atoms. The number of nitrogens with zero attached hydrogens (tertiary/aromatic N) is 2. The van der Waals surface area contributed by atoms with E-state index in [1.807, 2.05) is 0 Å². The van der Waals surface area contributed by atoms with Crippen LogP contribution in [0.3, 0.4) is 0 Å². The topological polar surface area (TPSA) is 89.5 Å². The Morgan fingerprint density at radius 1 is 1.15 bits per heavy atom. The Bertz CT molecular complexity index is 955. The second-order valence-corrected chi connectivity index (χ2v) is 6.04. The monoisotopic (exact) mass is 377 g/mol. The lowest BCUT2D eigenvalue weighted by molar-refractivity contribution is -0.385. The molecule has 0 amide bonds. The number of carbonyl (C=O) groups excluding carboxylic acids is 1. The zero-order valence-corrected chi connectivity index (χ0v) is 14.0. The molecule has 2 N–H and O–H groups in total. The third kappa shape index (κ3) is 3.12. The third-order valence-electron chi connectivity index (χ3n) is 4.42. The maximum atomic E-state index is 13.1. The van der Waals surface area contributed by atoms with Gasteiger partial charge in [-0.2, -0.15) is 13.2 Å². The maximum Gasteiger partial charge on any atom is 0.416 e. The predicted molar refractivity (Wildman–Crippen MR) is 91.2 cm³/mol. The second-order valence-electron chi connectivity index (χ2n) is 6.04. The fourth-order valence-corrected chi connectivity index (χ4v) is 3.11. The van der Waals surface area contributed by atoms with Crippen molar-refractivity contribution in [1.29, 1.82) is 0 Å². The van der Waals surface area contributed by atoms with E-state index in [0.717, 1.165) is 6.07 Å². The van der Waals surface area contributed by atoms with Crippen LogP contribution in [0.15, 0.2) is 54.4 Å². The van der Waals surface area contributed by atoms with Crippen molar-refractivity contribution in [2.24, 2.45) is 5.73 Å². The Balaban J connectivity index is 2.18. The van der Waals surface area contributed by atoms with E-state index in [-0.39, 0.29) is 11.4 Å². The van der Waals surface area contributed by atoms with Gasteiger partial charge in [-0.05, 0) is 17.7 Å². The Morgan fingerprint density at radius 3 is 2.33 bits per heavy atom. The Labute approximate surface area is 151 Å². The van der Waals surface area contributed by atoms with Gasteiger partial charge in [-0.3, -0.25) is 14.9 Å². The molecule has 0 fully saturated rings. The molecule has 0 saturated carbocycles. The van der Waals surface area contributed by atoms with Crippen molar-refractivity contribution in [3.63, 3.8) is 0 Å². The van der Waals surface area contributed by atoms with Gasteiger partial charge in [0.25, 0.3) is 5.69 Å². The van der Waals surface area contributed by atoms with Crippen LogP contribution in [0, 0.1) is 10.1 Å². The molecule has 9 heteroatoms. The van der Waals surface area contributed by atoms with Gasteiger partial charge in [-0.15, -0.1) is 0 Å². The number of ketones is 1. The summed E-state index contributed by atoms with van der Waals surface area (Å²) in [5.41, 5.74) is 4.12. The lowest BCUT2D eigenvalue weighted by atomic mass is 9.94. The molecule has 2 aromatic rings. The van der Waals surface area contributed by atoms with Gasteiger partial charge in [0.1, 0.15) is 11.9 Å². The smallest absolute Gasteiger partial charge is 0.385 e. The molecule has 0 aromatic heterocycles. The highest BCUT2D eigenvalue weighted by Crippen LogP contribution is 2.42. The third-order valence-corrected chi connectivity index (χ3v) is 4.42. The summed E-state index contributed by atoms with van der Waals surface area (Å²) in [4.78, 5) is 24.9. The number of hydrogen-bond acceptors (Lipinski definition) is 5. The largest absolute Gasteiger partial charge is 0.416 e. The number of hydrogen-bond donors (Lipinski definition) is 1. The molecule has 27 heavy (non-hydrogen) atoms. The van der Waals surface area contributed by atoms with Crippen LogP contribution in [0.25, 0.3) is 5.57 Å². The van der Waals surface area contributed by atoms with Crippen LogP contribution < -0.4 is 5.73 Å². The first-order chi connectivity index (χ1) is 12.6. The zero-order chi connectivity index (χ0) is 19.9. The summed E-state index contributed by atoms with van der Waals surface area (Å²) in [6.07, 6.45) is -4.72. The van der Waals surface area contributed by atoms with Crippen molar-refractivity contribution in [1.82, 2.24) is 4.90 Å². The second kappa shape index (κ2) is 6.42. The van der Waals surface area contributed by atoms with Crippen molar-refractivity contribution in [3.8, 4) is 0 Å². The fraction of sp³-hybridized carbons (Fsp3) is 0.167. The van der Waals surface area contributed by atoms with Gasteiger partial charge in [-0.25, -0.2) is 0 Å². The molecule has 6 nitrogen and oxygen atoms in total. The summed E-state index contributed by atoms with van der Waals surface area (Å²) in [6.45, 7) is 0. The summed E-state index contributed by atoms with van der Waals surface area (Å²) in [5.74, 6) is -0.708. The van der Waals surface area contributed by atoms with Gasteiger partial charge >= 0.3 is 6.18 Å². The molecule has 1 unspecified atom stereocenters. The summed E-state index contributed by atoms with van der Waals surface area (Å²) in [5, 5.41) is 11.3. The maximum absolute atomic E-state index is 13.1. The van der Waals surface area contributed by atoms with E-state index in [4.69, 9.17) is 5.73 Å². The first-order valence-corrected chi connectivity index (χ1v) is 7.80. The van der Waals surface area contributed by atoms with Crippen molar-refractivity contribution >= 4 is 17.0 Å². The van der Waals surface area contributed by atoms with Crippen molar-refractivity contribution < 1.29 is 22.9 Å². The number of halogens is 3. The molecule has 0 saturated heterocycles. The van der Waals surface area contributed by atoms with Gasteiger partial charge in [0, 0.05) is 13.1 Å². The van der Waals surface area contributed by atoms with Crippen LogP contribution >= 0.6 is 0 Å². The molecule has 0 radical (unpaired) electrons. The van der Waals surface area contributed by atoms with Crippen LogP contribution in [0.1, 0.15) is 22.7 Å². The highest BCUT2D eigenvalue weighted by atomic mass is 19.4. The molecule has 2 aromatic carbocycles. The summed E-state index contributed by atoms with van der Waals surface area (Å²) < 4.78 is 39.3. The standard InChI is InChI=1S/C18H14F3N3O3/c1-23-15(10-5-3-2-4-6-10)16(25)14(17(23)22)12-9-11(18(19,20)21)7-8-13(12)24(26)27/h2-9,15H,22H2,1H3. The zero-order valence-electron chi connectivity index (χ0n) is 14.0. The van der Waals surface area contributed by atoms with E-state index in [2.05, 4.69) is 0 Å². The first kappa shape index (κ1) is 18.4. The Morgan fingerprint density at radius 2 is 1.78 bits per heavy atom. The lowest BCUT2D eigenvalue weighted by Gasteiger charge is -2.21. The van der Waals surface area contributed by atoms with Crippen LogP contribution in [0.2, 0.25) is 0 Å². The molecule has 1 heterocycles. The van der Waals surface area contributed by atoms with Gasteiger partial charge in [-0.1, -0.05) is 30.3 Å². The van der Waals surface area contributed by atoms with Crippen molar-refractivity contribution in [2.45, 2.75) is 12.2 Å². The molecule has 140 valence electrons. The Kier molecular flexibility index (Phi) is 4.38. The van der Waals surface area contributed by atoms with Crippen LogP contribution in [-0.4, -0.2) is 22.7 Å². The normalized spacial score (nSPS) is 17.6. The average molecular weight is 377 g/mol. The molecule has 1 atom stereocenters. The van der Waals surface area contributed by atoms with E-state index < -0.39 is 39.7 Å². The van der Waals surface area contributed by atoms with Gasteiger partial charge < -0.3 is 10.6 Å². The number of likely N-dealkylation sites (N-methyl/N-ethyl adjacent to an activating group) is 1. The van der Waals surface area contributed by atoms with Crippen molar-refractivity contribution in [3.05, 3.63) is 81.2 Å². The van der Waals surface area contributed by atoms with Crippen molar-refractivity contribution in [2.75, 3.05) is 7.05 Å². The van der Waals surface area contributed by atoms with E-state index in [1.165, 1.54) is 11.9 Å². The van der Waals surface area contributed by atoms with Gasteiger partial charge in [0.05, 0.1) is 21.6 Å². The van der Waals surface area contributed by atoms with Gasteiger partial charge in [0.2, 0.25) is 0 Å². The van der Waals surface area contributed by atoms with E-state index in [1.54, 1.807) is 30.3 Å². The predicted octanol–water partition coefficient (Wildman–Crippen LogP) is 3.50. The van der Waals surface area contributed by atoms with E-state index in [9.17, 15) is 28.1 Å². The number of rotatable bonds is 3. The fourth-order valence-electron chi connectivity index (χ4n) is 3.11.